The first-order chi connectivity index (χ1) is 9.72. The minimum Gasteiger partial charge on any atom is -0.550 e. The average molecular weight is 364 g/mol. The van der Waals surface area contributed by atoms with E-state index in [1.54, 1.807) is 0 Å². The number of carboxylic acid groups (broad SMARTS) is 4. The quantitative estimate of drug-likeness (QED) is 0.403. The third-order valence-corrected chi connectivity index (χ3v) is 3.05. The zero-order chi connectivity index (χ0) is 18.1. The normalized spacial score (nSPS) is 10.2. The van der Waals surface area contributed by atoms with Crippen molar-refractivity contribution < 1.29 is 98.7 Å². The summed E-state index contributed by atoms with van der Waals surface area (Å²) in [6.07, 6.45) is -0.143. The van der Waals surface area contributed by atoms with Crippen LogP contribution in [-0.2, 0) is 19.2 Å². The molecule has 0 atom stereocenters. The summed E-state index contributed by atoms with van der Waals surface area (Å²) in [5.41, 5.74) is -2.02. The predicted octanol–water partition coefficient (Wildman–Crippen LogP) is -6.74. The van der Waals surface area contributed by atoms with Gasteiger partial charge in [0.25, 0.3) is 0 Å². The van der Waals surface area contributed by atoms with Crippen LogP contribution in [0.5, 0.6) is 0 Å². The smallest absolute Gasteiger partial charge is 0.550 e. The molecule has 0 aromatic heterocycles. The maximum atomic E-state index is 10.4. The van der Waals surface area contributed by atoms with E-state index in [1.807, 2.05) is 0 Å². The fourth-order valence-electron chi connectivity index (χ4n) is 1.04. The number of carboxylic acids is 4. The molecule has 0 saturated heterocycles. The van der Waals surface area contributed by atoms with E-state index in [1.165, 1.54) is 27.7 Å². The largest absolute Gasteiger partial charge is 1.00 e. The fourth-order valence-corrected chi connectivity index (χ4v) is 1.04. The van der Waals surface area contributed by atoms with Crippen molar-refractivity contribution in [3.8, 4) is 0 Å². The molecule has 0 heterocycles. The SMILES string of the molecule is CC(C)(CCC(=O)O)C(=O)O.CC(C)(CCC(=O)[O-])C(=O)[O-].[Na+].[Na+]. The van der Waals surface area contributed by atoms with E-state index in [9.17, 15) is 29.4 Å². The second-order valence-corrected chi connectivity index (χ2v) is 6.13. The van der Waals surface area contributed by atoms with Gasteiger partial charge in [0, 0.05) is 23.8 Å². The molecule has 10 heteroatoms. The molecule has 0 rings (SSSR count). The Labute approximate surface area is 185 Å². The summed E-state index contributed by atoms with van der Waals surface area (Å²) in [6, 6.07) is 0. The molecule has 8 nitrogen and oxygen atoms in total. The summed E-state index contributed by atoms with van der Waals surface area (Å²) in [7, 11) is 0. The van der Waals surface area contributed by atoms with E-state index in [0.29, 0.717) is 0 Å². The van der Waals surface area contributed by atoms with Crippen LogP contribution >= 0.6 is 0 Å². The second-order valence-electron chi connectivity index (χ2n) is 6.13. The Morgan fingerprint density at radius 1 is 0.792 bits per heavy atom. The van der Waals surface area contributed by atoms with E-state index in [4.69, 9.17) is 10.2 Å². The standard InChI is InChI=1S/2C7H12O4.2Na/c2*1-7(2,6(10)11)4-3-5(8)9;;/h2*3-4H2,1-2H3,(H,8,9)(H,10,11);;/q;;2*+1/p-2. The number of aliphatic carboxylic acids is 4. The molecule has 0 aliphatic heterocycles. The summed E-state index contributed by atoms with van der Waals surface area (Å²) in [6.45, 7) is 5.87. The third-order valence-electron chi connectivity index (χ3n) is 3.05. The van der Waals surface area contributed by atoms with Crippen molar-refractivity contribution >= 4 is 23.9 Å². The molecule has 0 amide bonds. The summed E-state index contributed by atoms with van der Waals surface area (Å²) in [5, 5.41) is 37.1. The van der Waals surface area contributed by atoms with Crippen molar-refractivity contribution in [2.75, 3.05) is 0 Å². The van der Waals surface area contributed by atoms with Crippen LogP contribution in [0.15, 0.2) is 0 Å². The van der Waals surface area contributed by atoms with Gasteiger partial charge in [-0.15, -0.1) is 0 Å². The van der Waals surface area contributed by atoms with Gasteiger partial charge in [0.05, 0.1) is 5.41 Å². The first kappa shape index (κ1) is 31.6. The summed E-state index contributed by atoms with van der Waals surface area (Å²) in [5.74, 6) is -4.39. The van der Waals surface area contributed by atoms with Crippen molar-refractivity contribution in [1.82, 2.24) is 0 Å². The number of hydrogen-bond acceptors (Lipinski definition) is 6. The Hall–Kier alpha value is -0.120. The van der Waals surface area contributed by atoms with Crippen molar-refractivity contribution in [2.45, 2.75) is 53.4 Å². The molecular weight excluding hydrogens is 342 g/mol. The minimum atomic E-state index is -1.24. The van der Waals surface area contributed by atoms with Gasteiger partial charge in [0.15, 0.2) is 0 Å². The molecule has 0 aliphatic rings. The molecule has 0 unspecified atom stereocenters. The maximum absolute atomic E-state index is 10.4. The first-order valence-electron chi connectivity index (χ1n) is 6.59. The molecule has 0 bridgehead atoms. The van der Waals surface area contributed by atoms with Crippen LogP contribution in [0.4, 0.5) is 0 Å². The van der Waals surface area contributed by atoms with Crippen LogP contribution in [0, 0.1) is 10.8 Å². The van der Waals surface area contributed by atoms with Crippen molar-refractivity contribution in [1.29, 1.82) is 0 Å². The number of carbonyl (C=O) groups excluding carboxylic acids is 2. The Bertz CT molecular complexity index is 392. The van der Waals surface area contributed by atoms with Crippen molar-refractivity contribution in [3.05, 3.63) is 0 Å². The fraction of sp³-hybridized carbons (Fsp3) is 0.714. The predicted molar refractivity (Wildman–Crippen MR) is 71.3 cm³/mol. The van der Waals surface area contributed by atoms with Crippen LogP contribution in [-0.4, -0.2) is 34.1 Å². The van der Waals surface area contributed by atoms with Gasteiger partial charge in [0.2, 0.25) is 0 Å². The Balaban J connectivity index is -0.000000154. The molecule has 0 aliphatic carbocycles. The zero-order valence-corrected chi connectivity index (χ0v) is 19.2. The number of rotatable bonds is 8. The van der Waals surface area contributed by atoms with Gasteiger partial charge in [-0.1, -0.05) is 13.8 Å². The Morgan fingerprint density at radius 2 is 1.17 bits per heavy atom. The van der Waals surface area contributed by atoms with Gasteiger partial charge in [-0.25, -0.2) is 0 Å². The van der Waals surface area contributed by atoms with Crippen LogP contribution in [0.2, 0.25) is 0 Å². The third kappa shape index (κ3) is 16.7. The van der Waals surface area contributed by atoms with E-state index in [-0.39, 0.29) is 84.8 Å². The van der Waals surface area contributed by atoms with Crippen molar-refractivity contribution in [3.63, 3.8) is 0 Å². The topological polar surface area (TPSA) is 155 Å². The monoisotopic (exact) mass is 364 g/mol. The van der Waals surface area contributed by atoms with Crippen LogP contribution in [0.25, 0.3) is 0 Å². The molecule has 0 fully saturated rings. The first-order valence-corrected chi connectivity index (χ1v) is 6.59. The maximum Gasteiger partial charge on any atom is 1.00 e. The summed E-state index contributed by atoms with van der Waals surface area (Å²) in [4.78, 5) is 40.8. The van der Waals surface area contributed by atoms with E-state index in [2.05, 4.69) is 0 Å². The molecule has 0 radical (unpaired) electrons. The van der Waals surface area contributed by atoms with Crippen LogP contribution in [0.3, 0.4) is 0 Å². The van der Waals surface area contributed by atoms with E-state index < -0.39 is 34.7 Å². The minimum absolute atomic E-state index is 0. The van der Waals surface area contributed by atoms with Crippen LogP contribution in [0.1, 0.15) is 53.4 Å². The van der Waals surface area contributed by atoms with Gasteiger partial charge in [0.1, 0.15) is 0 Å². The Morgan fingerprint density at radius 3 is 1.42 bits per heavy atom. The summed E-state index contributed by atoms with van der Waals surface area (Å²) >= 11 is 0. The van der Waals surface area contributed by atoms with Gasteiger partial charge < -0.3 is 30.0 Å². The van der Waals surface area contributed by atoms with E-state index >= 15 is 0 Å². The molecule has 0 saturated carbocycles. The number of carbonyl (C=O) groups is 4. The van der Waals surface area contributed by atoms with Gasteiger partial charge in [-0.2, -0.15) is 0 Å². The van der Waals surface area contributed by atoms with Gasteiger partial charge in [-0.3, -0.25) is 9.59 Å². The molecule has 2 N–H and O–H groups in total. The molecule has 0 spiro atoms. The molecule has 0 aromatic rings. The summed E-state index contributed by atoms with van der Waals surface area (Å²) < 4.78 is 0. The molecule has 24 heavy (non-hydrogen) atoms. The van der Waals surface area contributed by atoms with Gasteiger partial charge in [-0.05, 0) is 33.1 Å². The molecule has 0 aromatic carbocycles. The van der Waals surface area contributed by atoms with Crippen LogP contribution < -0.4 is 69.3 Å². The molecular formula is C14H22Na2O8. The second kappa shape index (κ2) is 14.1. The molecule has 128 valence electrons. The zero-order valence-electron chi connectivity index (χ0n) is 15.2. The van der Waals surface area contributed by atoms with Gasteiger partial charge >= 0.3 is 71.1 Å². The van der Waals surface area contributed by atoms with Crippen molar-refractivity contribution in [2.24, 2.45) is 10.8 Å². The average Bonchev–Trinajstić information content (AvgIpc) is 2.34. The number of hydrogen-bond donors (Lipinski definition) is 2. The Kier molecular flexibility index (Phi) is 18.6. The van der Waals surface area contributed by atoms with E-state index in [0.717, 1.165) is 0 Å².